The average molecular weight is 229 g/mol. The maximum atomic E-state index is 11.6. The smallest absolute Gasteiger partial charge is 0.217 e. The van der Waals surface area contributed by atoms with Crippen molar-refractivity contribution >= 4 is 17.6 Å². The number of amides is 2. The molecule has 6 heteroatoms. The number of primary amides is 1. The number of hydrogen-bond donors (Lipinski definition) is 3. The number of nitrogens with two attached hydrogens (primary N) is 2. The molecule has 0 bridgehead atoms. The average Bonchev–Trinajstić information content (AvgIpc) is 2.20. The van der Waals surface area contributed by atoms with Gasteiger partial charge in [0.05, 0.1) is 6.04 Å². The molecule has 0 radical (unpaired) electrons. The lowest BCUT2D eigenvalue weighted by molar-refractivity contribution is -0.128. The highest BCUT2D eigenvalue weighted by molar-refractivity contribution is 5.90. The Labute approximate surface area is 94.7 Å². The monoisotopic (exact) mass is 229 g/mol. The van der Waals surface area contributed by atoms with Gasteiger partial charge in [-0.3, -0.25) is 14.4 Å². The van der Waals surface area contributed by atoms with Crippen LogP contribution in [0.25, 0.3) is 0 Å². The summed E-state index contributed by atoms with van der Waals surface area (Å²) in [6.45, 7) is 1.80. The molecule has 2 amide bonds. The molecule has 0 aliphatic carbocycles. The number of ketones is 1. The van der Waals surface area contributed by atoms with Crippen LogP contribution in [0.15, 0.2) is 0 Å². The fourth-order valence-corrected chi connectivity index (χ4v) is 1.30. The van der Waals surface area contributed by atoms with Crippen molar-refractivity contribution in [3.05, 3.63) is 0 Å². The van der Waals surface area contributed by atoms with Crippen molar-refractivity contribution in [2.24, 2.45) is 11.5 Å². The molecule has 0 aliphatic heterocycles. The van der Waals surface area contributed by atoms with E-state index < -0.39 is 11.9 Å². The summed E-state index contributed by atoms with van der Waals surface area (Å²) in [5.74, 6) is -0.967. The van der Waals surface area contributed by atoms with Crippen LogP contribution in [0, 0.1) is 0 Å². The minimum absolute atomic E-state index is 0.0115. The van der Waals surface area contributed by atoms with E-state index in [1.807, 2.05) is 0 Å². The SMILES string of the molecule is CC(=O)N[C@@H](CCCN)C(=O)CCC(N)=O. The van der Waals surface area contributed by atoms with Gasteiger partial charge in [-0.15, -0.1) is 0 Å². The minimum Gasteiger partial charge on any atom is -0.370 e. The number of nitrogens with one attached hydrogen (secondary N) is 1. The Hall–Kier alpha value is -1.43. The molecule has 6 nitrogen and oxygen atoms in total. The lowest BCUT2D eigenvalue weighted by Gasteiger charge is -2.15. The second kappa shape index (κ2) is 7.81. The van der Waals surface area contributed by atoms with Crippen LogP contribution in [0.5, 0.6) is 0 Å². The highest BCUT2D eigenvalue weighted by atomic mass is 16.2. The third-order valence-corrected chi connectivity index (χ3v) is 2.08. The van der Waals surface area contributed by atoms with Gasteiger partial charge in [0.2, 0.25) is 11.8 Å². The van der Waals surface area contributed by atoms with E-state index in [4.69, 9.17) is 11.5 Å². The summed E-state index contributed by atoms with van der Waals surface area (Å²) in [6, 6.07) is -0.555. The van der Waals surface area contributed by atoms with Crippen LogP contribution in [-0.4, -0.2) is 30.2 Å². The third-order valence-electron chi connectivity index (χ3n) is 2.08. The number of rotatable bonds is 8. The molecule has 0 spiro atoms. The van der Waals surface area contributed by atoms with Crippen LogP contribution in [0.1, 0.15) is 32.6 Å². The lowest BCUT2D eigenvalue weighted by Crippen LogP contribution is -2.40. The molecule has 92 valence electrons. The molecule has 16 heavy (non-hydrogen) atoms. The topological polar surface area (TPSA) is 115 Å². The Morgan fingerprint density at radius 1 is 1.25 bits per heavy atom. The first-order valence-corrected chi connectivity index (χ1v) is 5.25. The number of hydrogen-bond acceptors (Lipinski definition) is 4. The number of carbonyl (C=O) groups is 3. The van der Waals surface area contributed by atoms with E-state index in [0.717, 1.165) is 0 Å². The first kappa shape index (κ1) is 14.6. The van der Waals surface area contributed by atoms with E-state index in [1.165, 1.54) is 6.92 Å². The van der Waals surface area contributed by atoms with E-state index in [1.54, 1.807) is 0 Å². The Kier molecular flexibility index (Phi) is 7.11. The molecular formula is C10H19N3O3. The zero-order valence-electron chi connectivity index (χ0n) is 9.49. The minimum atomic E-state index is -0.555. The molecule has 0 rings (SSSR count). The Bertz CT molecular complexity index is 266. The van der Waals surface area contributed by atoms with Gasteiger partial charge in [0.25, 0.3) is 0 Å². The van der Waals surface area contributed by atoms with E-state index in [2.05, 4.69) is 5.32 Å². The van der Waals surface area contributed by atoms with E-state index in [0.29, 0.717) is 19.4 Å². The molecule has 1 atom stereocenters. The summed E-state index contributed by atoms with van der Waals surface area (Å²) in [6.07, 6.45) is 1.21. The zero-order valence-corrected chi connectivity index (χ0v) is 9.49. The molecule has 0 unspecified atom stereocenters. The molecule has 0 aromatic carbocycles. The van der Waals surface area contributed by atoms with Crippen molar-refractivity contribution in [2.75, 3.05) is 6.54 Å². The summed E-state index contributed by atoms with van der Waals surface area (Å²) < 4.78 is 0. The maximum Gasteiger partial charge on any atom is 0.217 e. The summed E-state index contributed by atoms with van der Waals surface area (Å²) >= 11 is 0. The summed E-state index contributed by atoms with van der Waals surface area (Å²) in [4.78, 5) is 33.0. The van der Waals surface area contributed by atoms with Crippen molar-refractivity contribution < 1.29 is 14.4 Å². The van der Waals surface area contributed by atoms with E-state index in [-0.39, 0.29) is 24.5 Å². The molecule has 5 N–H and O–H groups in total. The molecule has 0 aromatic heterocycles. The molecule has 0 saturated carbocycles. The van der Waals surface area contributed by atoms with Gasteiger partial charge in [0, 0.05) is 19.8 Å². The highest BCUT2D eigenvalue weighted by Crippen LogP contribution is 2.03. The van der Waals surface area contributed by atoms with Crippen LogP contribution in [0.4, 0.5) is 0 Å². The predicted molar refractivity (Wildman–Crippen MR) is 59.3 cm³/mol. The van der Waals surface area contributed by atoms with Crippen LogP contribution in [-0.2, 0) is 14.4 Å². The summed E-state index contributed by atoms with van der Waals surface area (Å²) in [5, 5.41) is 2.54. The summed E-state index contributed by atoms with van der Waals surface area (Å²) in [5.41, 5.74) is 10.3. The Balaban J connectivity index is 4.19. The molecule has 0 aromatic rings. The van der Waals surface area contributed by atoms with Gasteiger partial charge in [-0.05, 0) is 19.4 Å². The quantitative estimate of drug-likeness (QED) is 0.498. The first-order valence-electron chi connectivity index (χ1n) is 5.25. The third kappa shape index (κ3) is 6.94. The summed E-state index contributed by atoms with van der Waals surface area (Å²) in [7, 11) is 0. The Morgan fingerprint density at radius 2 is 1.88 bits per heavy atom. The number of Topliss-reactive ketones (excluding diaryl/α,β-unsaturated/α-hetero) is 1. The van der Waals surface area contributed by atoms with Crippen molar-refractivity contribution in [1.29, 1.82) is 0 Å². The lowest BCUT2D eigenvalue weighted by atomic mass is 10.0. The van der Waals surface area contributed by atoms with Crippen molar-refractivity contribution in [3.63, 3.8) is 0 Å². The van der Waals surface area contributed by atoms with Gasteiger partial charge >= 0.3 is 0 Å². The first-order chi connectivity index (χ1) is 7.47. The number of carbonyl (C=O) groups excluding carboxylic acids is 3. The van der Waals surface area contributed by atoms with Gasteiger partial charge in [-0.25, -0.2) is 0 Å². The molecule has 0 heterocycles. The zero-order chi connectivity index (χ0) is 12.6. The van der Waals surface area contributed by atoms with Gasteiger partial charge in [-0.1, -0.05) is 0 Å². The fourth-order valence-electron chi connectivity index (χ4n) is 1.30. The van der Waals surface area contributed by atoms with Crippen molar-refractivity contribution in [3.8, 4) is 0 Å². The van der Waals surface area contributed by atoms with Gasteiger partial charge in [0.15, 0.2) is 5.78 Å². The molecule has 0 saturated heterocycles. The predicted octanol–water partition coefficient (Wildman–Crippen LogP) is -0.935. The molecule has 0 fully saturated rings. The second-order valence-electron chi connectivity index (χ2n) is 3.62. The second-order valence-corrected chi connectivity index (χ2v) is 3.62. The standard InChI is InChI=1S/C10H19N3O3/c1-7(14)13-8(3-2-6-11)9(15)4-5-10(12)16/h8H,2-6,11H2,1H3,(H2,12,16)(H,13,14)/t8-/m0/s1. The van der Waals surface area contributed by atoms with E-state index in [9.17, 15) is 14.4 Å². The van der Waals surface area contributed by atoms with Crippen molar-refractivity contribution in [1.82, 2.24) is 5.32 Å². The van der Waals surface area contributed by atoms with Crippen LogP contribution < -0.4 is 16.8 Å². The highest BCUT2D eigenvalue weighted by Gasteiger charge is 2.18. The van der Waals surface area contributed by atoms with Crippen LogP contribution in [0.2, 0.25) is 0 Å². The van der Waals surface area contributed by atoms with Crippen molar-refractivity contribution in [2.45, 2.75) is 38.6 Å². The largest absolute Gasteiger partial charge is 0.370 e. The van der Waals surface area contributed by atoms with Gasteiger partial charge < -0.3 is 16.8 Å². The van der Waals surface area contributed by atoms with Gasteiger partial charge in [0.1, 0.15) is 0 Å². The van der Waals surface area contributed by atoms with Gasteiger partial charge in [-0.2, -0.15) is 0 Å². The molecule has 0 aliphatic rings. The maximum absolute atomic E-state index is 11.6. The Morgan fingerprint density at radius 3 is 2.31 bits per heavy atom. The van der Waals surface area contributed by atoms with Crippen LogP contribution in [0.3, 0.4) is 0 Å². The fraction of sp³-hybridized carbons (Fsp3) is 0.700. The normalized spacial score (nSPS) is 11.9. The van der Waals surface area contributed by atoms with Crippen LogP contribution >= 0.6 is 0 Å². The molecular weight excluding hydrogens is 210 g/mol. The van der Waals surface area contributed by atoms with E-state index >= 15 is 0 Å².